The second-order valence-electron chi connectivity index (χ2n) is 6.89. The smallest absolute Gasteiger partial charge is 0.338 e. The van der Waals surface area contributed by atoms with Gasteiger partial charge in [0.25, 0.3) is 0 Å². The van der Waals surface area contributed by atoms with E-state index in [1.807, 2.05) is 36.6 Å². The lowest BCUT2D eigenvalue weighted by Gasteiger charge is -2.11. The monoisotopic (exact) mass is 407 g/mol. The molecule has 1 aromatic heterocycles. The third kappa shape index (κ3) is 3.61. The van der Waals surface area contributed by atoms with Crippen LogP contribution >= 0.6 is 0 Å². The molecule has 2 heterocycles. The van der Waals surface area contributed by atoms with Crippen LogP contribution in [0.3, 0.4) is 0 Å². The number of fused-ring (bicyclic) bond motifs is 1. The average molecular weight is 407 g/mol. The number of benzene rings is 2. The van der Waals surface area contributed by atoms with E-state index in [-0.39, 0.29) is 19.2 Å². The van der Waals surface area contributed by atoms with Crippen molar-refractivity contribution in [2.45, 2.75) is 13.8 Å². The Morgan fingerprint density at radius 3 is 2.47 bits per heavy atom. The van der Waals surface area contributed by atoms with Crippen LogP contribution in [-0.4, -0.2) is 36.8 Å². The maximum Gasteiger partial charge on any atom is 0.338 e. The number of ether oxygens (including phenoxy) is 4. The van der Waals surface area contributed by atoms with Gasteiger partial charge in [0, 0.05) is 28.7 Å². The summed E-state index contributed by atoms with van der Waals surface area (Å²) in [5.41, 5.74) is 3.37. The predicted molar refractivity (Wildman–Crippen MR) is 109 cm³/mol. The molecule has 0 N–H and O–H groups in total. The Hall–Kier alpha value is -3.74. The van der Waals surface area contributed by atoms with Gasteiger partial charge in [-0.3, -0.25) is 4.79 Å². The number of ketones is 1. The van der Waals surface area contributed by atoms with Gasteiger partial charge in [0.05, 0.1) is 12.7 Å². The highest BCUT2D eigenvalue weighted by Gasteiger charge is 2.20. The number of carbonyl (C=O) groups excluding carboxylic acids is 2. The Bertz CT molecular complexity index is 1110. The van der Waals surface area contributed by atoms with E-state index in [0.29, 0.717) is 28.4 Å². The number of carbonyl (C=O) groups is 2. The van der Waals surface area contributed by atoms with Crippen LogP contribution in [0.2, 0.25) is 0 Å². The van der Waals surface area contributed by atoms with E-state index in [4.69, 9.17) is 18.9 Å². The van der Waals surface area contributed by atoms with Crippen LogP contribution in [-0.2, 0) is 4.74 Å². The average Bonchev–Trinajstić information content (AvgIpc) is 3.35. The molecule has 2 aromatic carbocycles. The van der Waals surface area contributed by atoms with Gasteiger partial charge in [-0.1, -0.05) is 0 Å². The third-order valence-corrected chi connectivity index (χ3v) is 5.01. The number of Topliss-reactive ketones (excluding diaryl/α,β-unsaturated/α-hetero) is 1. The first-order chi connectivity index (χ1) is 14.5. The minimum Gasteiger partial charge on any atom is -0.497 e. The zero-order chi connectivity index (χ0) is 21.3. The molecule has 0 amide bonds. The summed E-state index contributed by atoms with van der Waals surface area (Å²) in [6.45, 7) is 3.63. The van der Waals surface area contributed by atoms with Crippen LogP contribution in [0.25, 0.3) is 5.69 Å². The summed E-state index contributed by atoms with van der Waals surface area (Å²) in [6, 6.07) is 13.9. The van der Waals surface area contributed by atoms with Gasteiger partial charge in [0.2, 0.25) is 12.6 Å². The number of nitrogens with zero attached hydrogens (tertiary/aromatic N) is 1. The molecule has 7 nitrogen and oxygen atoms in total. The fraction of sp³-hybridized carbons (Fsp3) is 0.217. The number of rotatable bonds is 6. The van der Waals surface area contributed by atoms with Crippen LogP contribution < -0.4 is 14.2 Å². The topological polar surface area (TPSA) is 76.0 Å². The van der Waals surface area contributed by atoms with Crippen LogP contribution in [0.1, 0.15) is 32.1 Å². The maximum atomic E-state index is 12.7. The van der Waals surface area contributed by atoms with Gasteiger partial charge in [-0.25, -0.2) is 4.79 Å². The summed E-state index contributed by atoms with van der Waals surface area (Å²) in [7, 11) is 1.55. The first-order valence-corrected chi connectivity index (χ1v) is 9.41. The van der Waals surface area contributed by atoms with Crippen molar-refractivity contribution in [1.29, 1.82) is 0 Å². The van der Waals surface area contributed by atoms with E-state index in [0.717, 1.165) is 17.1 Å². The lowest BCUT2D eigenvalue weighted by molar-refractivity contribution is 0.0474. The second-order valence-corrected chi connectivity index (χ2v) is 6.89. The molecule has 3 aromatic rings. The summed E-state index contributed by atoms with van der Waals surface area (Å²) >= 11 is 0. The van der Waals surface area contributed by atoms with Crippen LogP contribution in [0.15, 0.2) is 48.5 Å². The van der Waals surface area contributed by atoms with Crippen molar-refractivity contribution in [3.8, 4) is 22.9 Å². The SMILES string of the molecule is COc1ccc(C(=O)OCC(=O)c2cc(C)n(-c3ccc4c(c3)OCO4)c2C)cc1. The zero-order valence-corrected chi connectivity index (χ0v) is 16.9. The molecule has 0 unspecified atom stereocenters. The molecule has 1 aliphatic heterocycles. The van der Waals surface area contributed by atoms with Crippen LogP contribution in [0.5, 0.6) is 17.2 Å². The molecule has 1 aliphatic rings. The second kappa shape index (κ2) is 7.94. The van der Waals surface area contributed by atoms with E-state index >= 15 is 0 Å². The minimum atomic E-state index is -0.560. The molecular weight excluding hydrogens is 386 g/mol. The summed E-state index contributed by atoms with van der Waals surface area (Å²) < 4.78 is 23.0. The molecule has 0 radical (unpaired) electrons. The van der Waals surface area contributed by atoms with Crippen molar-refractivity contribution >= 4 is 11.8 Å². The number of aromatic nitrogens is 1. The Morgan fingerprint density at radius 1 is 1.00 bits per heavy atom. The maximum absolute atomic E-state index is 12.7. The summed E-state index contributed by atoms with van der Waals surface area (Å²) in [5, 5.41) is 0. The molecule has 154 valence electrons. The summed E-state index contributed by atoms with van der Waals surface area (Å²) in [4.78, 5) is 25.0. The van der Waals surface area contributed by atoms with Gasteiger partial charge in [-0.2, -0.15) is 0 Å². The lowest BCUT2D eigenvalue weighted by Crippen LogP contribution is -2.15. The number of hydrogen-bond donors (Lipinski definition) is 0. The van der Waals surface area contributed by atoms with Crippen molar-refractivity contribution in [2.24, 2.45) is 0 Å². The fourth-order valence-electron chi connectivity index (χ4n) is 3.49. The summed E-state index contributed by atoms with van der Waals surface area (Å²) in [6.07, 6.45) is 0. The summed E-state index contributed by atoms with van der Waals surface area (Å²) in [5.74, 6) is 1.18. The first-order valence-electron chi connectivity index (χ1n) is 9.41. The Morgan fingerprint density at radius 2 is 1.73 bits per heavy atom. The molecule has 0 saturated carbocycles. The molecule has 0 spiro atoms. The molecular formula is C23H21NO6. The molecule has 0 aliphatic carbocycles. The molecule has 0 fully saturated rings. The molecule has 0 bridgehead atoms. The van der Waals surface area contributed by atoms with E-state index in [1.54, 1.807) is 37.4 Å². The van der Waals surface area contributed by atoms with Crippen molar-refractivity contribution < 1.29 is 28.5 Å². The Labute approximate surface area is 173 Å². The largest absolute Gasteiger partial charge is 0.497 e. The highest BCUT2D eigenvalue weighted by Crippen LogP contribution is 2.35. The first kappa shape index (κ1) is 19.6. The Balaban J connectivity index is 1.49. The quantitative estimate of drug-likeness (QED) is 0.456. The standard InChI is InChI=1S/C23H21NO6/c1-14-10-19(15(2)24(14)17-6-9-21-22(11-17)30-13-29-21)20(25)12-28-23(26)16-4-7-18(27-3)8-5-16/h4-11H,12-13H2,1-3H3. The van der Waals surface area contributed by atoms with Crippen LogP contribution in [0, 0.1) is 13.8 Å². The van der Waals surface area contributed by atoms with E-state index in [1.165, 1.54) is 0 Å². The van der Waals surface area contributed by atoms with E-state index in [9.17, 15) is 9.59 Å². The Kier molecular flexibility index (Phi) is 5.18. The van der Waals surface area contributed by atoms with E-state index < -0.39 is 5.97 Å². The number of aryl methyl sites for hydroxylation is 1. The lowest BCUT2D eigenvalue weighted by atomic mass is 10.1. The third-order valence-electron chi connectivity index (χ3n) is 5.01. The zero-order valence-electron chi connectivity index (χ0n) is 16.9. The number of esters is 1. The van der Waals surface area contributed by atoms with Crippen molar-refractivity contribution in [3.63, 3.8) is 0 Å². The number of hydrogen-bond acceptors (Lipinski definition) is 6. The van der Waals surface area contributed by atoms with Crippen molar-refractivity contribution in [3.05, 3.63) is 71.0 Å². The van der Waals surface area contributed by atoms with Gasteiger partial charge in [0.15, 0.2) is 18.1 Å². The van der Waals surface area contributed by atoms with Gasteiger partial charge in [-0.15, -0.1) is 0 Å². The molecule has 4 rings (SSSR count). The molecule has 7 heteroatoms. The molecule has 0 atom stereocenters. The van der Waals surface area contributed by atoms with Gasteiger partial charge >= 0.3 is 5.97 Å². The highest BCUT2D eigenvalue weighted by molar-refractivity contribution is 6.00. The van der Waals surface area contributed by atoms with Gasteiger partial charge in [-0.05, 0) is 56.3 Å². The molecule has 30 heavy (non-hydrogen) atoms. The minimum absolute atomic E-state index is 0.200. The molecule has 0 saturated heterocycles. The van der Waals surface area contributed by atoms with Gasteiger partial charge in [0.1, 0.15) is 5.75 Å². The fourth-order valence-corrected chi connectivity index (χ4v) is 3.49. The highest BCUT2D eigenvalue weighted by atomic mass is 16.7. The van der Waals surface area contributed by atoms with E-state index in [2.05, 4.69) is 0 Å². The predicted octanol–water partition coefficient (Wildman–Crippen LogP) is 3.87. The van der Waals surface area contributed by atoms with Crippen molar-refractivity contribution in [1.82, 2.24) is 4.57 Å². The normalized spacial score (nSPS) is 12.0. The van der Waals surface area contributed by atoms with Gasteiger partial charge < -0.3 is 23.5 Å². The van der Waals surface area contributed by atoms with Crippen molar-refractivity contribution in [2.75, 3.05) is 20.5 Å². The van der Waals surface area contributed by atoms with Crippen LogP contribution in [0.4, 0.5) is 0 Å². The number of methoxy groups -OCH3 is 1.